The van der Waals surface area contributed by atoms with Crippen LogP contribution in [0.25, 0.3) is 27.8 Å². The van der Waals surface area contributed by atoms with Crippen molar-refractivity contribution in [1.29, 1.82) is 0 Å². The van der Waals surface area contributed by atoms with E-state index >= 15 is 0 Å². The Morgan fingerprint density at radius 3 is 2.85 bits per heavy atom. The quantitative estimate of drug-likeness (QED) is 0.422. The number of aromatic nitrogens is 6. The van der Waals surface area contributed by atoms with Crippen LogP contribution in [0.3, 0.4) is 0 Å². The molecule has 1 N–H and O–H groups in total. The van der Waals surface area contributed by atoms with E-state index in [1.807, 2.05) is 37.7 Å². The molecule has 0 spiro atoms. The van der Waals surface area contributed by atoms with Gasteiger partial charge in [-0.2, -0.15) is 5.10 Å². The summed E-state index contributed by atoms with van der Waals surface area (Å²) in [5, 5.41) is 7.98. The number of H-pyrrole nitrogens is 1. The van der Waals surface area contributed by atoms with Gasteiger partial charge in [0.05, 0.1) is 23.3 Å². The minimum Gasteiger partial charge on any atom is -0.338 e. The molecule has 1 fully saturated rings. The first-order valence-electron chi connectivity index (χ1n) is 11.4. The number of imidazole rings is 1. The van der Waals surface area contributed by atoms with Crippen molar-refractivity contribution in [3.63, 3.8) is 0 Å². The monoisotopic (exact) mass is 460 g/mol. The van der Waals surface area contributed by atoms with E-state index in [-0.39, 0.29) is 17.4 Å². The Kier molecular flexibility index (Phi) is 5.52. The number of hydrogen-bond acceptors (Lipinski definition) is 6. The van der Waals surface area contributed by atoms with Crippen LogP contribution in [0.15, 0.2) is 42.1 Å². The van der Waals surface area contributed by atoms with Gasteiger partial charge in [0.25, 0.3) is 5.56 Å². The van der Waals surface area contributed by atoms with Gasteiger partial charge < -0.3 is 14.4 Å². The van der Waals surface area contributed by atoms with E-state index in [4.69, 9.17) is 4.98 Å². The van der Waals surface area contributed by atoms with Gasteiger partial charge in [-0.05, 0) is 51.7 Å². The molecule has 3 aromatic heterocycles. The van der Waals surface area contributed by atoms with Crippen molar-refractivity contribution in [2.45, 2.75) is 25.8 Å². The van der Waals surface area contributed by atoms with Crippen molar-refractivity contribution in [1.82, 2.24) is 39.1 Å². The molecule has 34 heavy (non-hydrogen) atoms. The maximum Gasteiger partial charge on any atom is 0.284 e. The lowest BCUT2D eigenvalue weighted by Gasteiger charge is -2.38. The fourth-order valence-corrected chi connectivity index (χ4v) is 4.66. The van der Waals surface area contributed by atoms with Crippen LogP contribution in [-0.4, -0.2) is 78.7 Å². The van der Waals surface area contributed by atoms with Gasteiger partial charge in [0.15, 0.2) is 11.2 Å². The van der Waals surface area contributed by atoms with Crippen LogP contribution in [0, 0.1) is 6.92 Å². The van der Waals surface area contributed by atoms with Gasteiger partial charge in [-0.15, -0.1) is 0 Å². The molecule has 0 unspecified atom stereocenters. The normalized spacial score (nSPS) is 14.3. The maximum atomic E-state index is 13.9. The third-order valence-electron chi connectivity index (χ3n) is 6.45. The summed E-state index contributed by atoms with van der Waals surface area (Å²) >= 11 is 0. The van der Waals surface area contributed by atoms with Crippen LogP contribution in [0.1, 0.15) is 23.7 Å². The predicted octanol–water partition coefficient (Wildman–Crippen LogP) is 1.83. The molecule has 0 bridgehead atoms. The first kappa shape index (κ1) is 22.0. The average molecular weight is 461 g/mol. The highest BCUT2D eigenvalue weighted by Gasteiger charge is 2.35. The highest BCUT2D eigenvalue weighted by atomic mass is 16.2. The summed E-state index contributed by atoms with van der Waals surface area (Å²) in [6.45, 7) is 8.18. The van der Waals surface area contributed by atoms with Gasteiger partial charge in [0.2, 0.25) is 5.91 Å². The molecule has 176 valence electrons. The highest BCUT2D eigenvalue weighted by Crippen LogP contribution is 2.29. The zero-order valence-electron chi connectivity index (χ0n) is 19.7. The third-order valence-corrected chi connectivity index (χ3v) is 6.45. The Bertz CT molecular complexity index is 1460. The van der Waals surface area contributed by atoms with E-state index in [0.717, 1.165) is 40.9 Å². The van der Waals surface area contributed by atoms with Gasteiger partial charge >= 0.3 is 0 Å². The molecular weight excluding hydrogens is 432 g/mol. The number of likely N-dealkylation sites (tertiary alicyclic amines) is 1. The lowest BCUT2D eigenvalue weighted by molar-refractivity contribution is -0.130. The zero-order chi connectivity index (χ0) is 24.0. The summed E-state index contributed by atoms with van der Waals surface area (Å²) in [7, 11) is 4.06. The van der Waals surface area contributed by atoms with Gasteiger partial charge in [-0.1, -0.05) is 12.6 Å². The number of nitrogens with one attached hydrogen (secondary N) is 1. The van der Waals surface area contributed by atoms with Crippen molar-refractivity contribution < 1.29 is 4.79 Å². The number of rotatable bonds is 7. The summed E-state index contributed by atoms with van der Waals surface area (Å²) in [4.78, 5) is 39.0. The fraction of sp³-hybridized carbons (Fsp3) is 0.375. The van der Waals surface area contributed by atoms with Crippen molar-refractivity contribution in [3.05, 3.63) is 59.1 Å². The molecule has 0 aliphatic carbocycles. The Balaban J connectivity index is 1.63. The minimum atomic E-state index is -0.163. The second-order valence-electron chi connectivity index (χ2n) is 9.08. The molecule has 5 rings (SSSR count). The van der Waals surface area contributed by atoms with Crippen LogP contribution < -0.4 is 5.56 Å². The van der Waals surface area contributed by atoms with Gasteiger partial charge in [-0.3, -0.25) is 19.3 Å². The largest absolute Gasteiger partial charge is 0.338 e. The molecule has 0 saturated carbocycles. The smallest absolute Gasteiger partial charge is 0.284 e. The molecule has 10 heteroatoms. The Labute approximate surface area is 196 Å². The minimum absolute atomic E-state index is 0.0596. The molecule has 1 aliphatic rings. The molecule has 1 saturated heterocycles. The number of hydrogen-bond donors (Lipinski definition) is 1. The summed E-state index contributed by atoms with van der Waals surface area (Å²) in [5.74, 6) is 0.780. The number of nitrogens with zero attached hydrogens (tertiary/aromatic N) is 7. The summed E-state index contributed by atoms with van der Waals surface area (Å²) in [5.41, 5.74) is 3.34. The topological polar surface area (TPSA) is 105 Å². The average Bonchev–Trinajstić information content (AvgIpc) is 3.39. The molecule has 1 aromatic carbocycles. The second kappa shape index (κ2) is 8.53. The molecule has 10 nitrogen and oxygen atoms in total. The van der Waals surface area contributed by atoms with E-state index in [1.165, 1.54) is 6.08 Å². The SMILES string of the molecule is C=CC(=O)N1CC(c2nc3ncn(-c4c(C)ccc5[nH]ncc45)c(=O)c3n2CCCN(C)C)C1. The second-order valence-corrected chi connectivity index (χ2v) is 9.08. The fourth-order valence-electron chi connectivity index (χ4n) is 4.66. The summed E-state index contributed by atoms with van der Waals surface area (Å²) < 4.78 is 3.60. The van der Waals surface area contributed by atoms with E-state index in [2.05, 4.69) is 26.7 Å². The number of carbonyl (C=O) groups is 1. The van der Waals surface area contributed by atoms with Gasteiger partial charge in [0.1, 0.15) is 12.2 Å². The van der Waals surface area contributed by atoms with E-state index in [1.54, 1.807) is 22.0 Å². The lowest BCUT2D eigenvalue weighted by atomic mass is 9.99. The van der Waals surface area contributed by atoms with Crippen LogP contribution in [0.4, 0.5) is 0 Å². The van der Waals surface area contributed by atoms with Gasteiger partial charge in [-0.25, -0.2) is 9.97 Å². The Hall–Kier alpha value is -3.79. The van der Waals surface area contributed by atoms with Crippen molar-refractivity contribution in [2.75, 3.05) is 33.7 Å². The number of fused-ring (bicyclic) bond motifs is 2. The molecule has 4 aromatic rings. The van der Waals surface area contributed by atoms with Gasteiger partial charge in [0, 0.05) is 25.0 Å². The van der Waals surface area contributed by atoms with E-state index in [0.29, 0.717) is 30.8 Å². The lowest BCUT2D eigenvalue weighted by Crippen LogP contribution is -2.48. The van der Waals surface area contributed by atoms with E-state index < -0.39 is 0 Å². The van der Waals surface area contributed by atoms with Crippen molar-refractivity contribution in [2.24, 2.45) is 0 Å². The first-order valence-corrected chi connectivity index (χ1v) is 11.4. The standard InChI is InChI=1S/C24H28N8O2/c1-5-19(33)30-12-16(13-30)23-27-22-21(31(23)10-6-9-29(3)4)24(34)32(14-25-22)20-15(2)7-8-18-17(20)11-26-28-18/h5,7-8,11,14,16H,1,6,9-10,12-13H2,2-4H3,(H,26,28). The number of amides is 1. The number of aromatic amines is 1. The van der Waals surface area contributed by atoms with Crippen molar-refractivity contribution >= 4 is 28.0 Å². The van der Waals surface area contributed by atoms with Crippen LogP contribution >= 0.6 is 0 Å². The molecule has 1 aliphatic heterocycles. The molecule has 4 heterocycles. The zero-order valence-corrected chi connectivity index (χ0v) is 19.7. The van der Waals surface area contributed by atoms with Crippen LogP contribution in [0.5, 0.6) is 0 Å². The van der Waals surface area contributed by atoms with Crippen molar-refractivity contribution in [3.8, 4) is 5.69 Å². The van der Waals surface area contributed by atoms with Crippen LogP contribution in [0.2, 0.25) is 0 Å². The molecular formula is C24H28N8O2. The Morgan fingerprint density at radius 2 is 2.12 bits per heavy atom. The molecule has 0 atom stereocenters. The highest BCUT2D eigenvalue weighted by molar-refractivity contribution is 5.89. The summed E-state index contributed by atoms with van der Waals surface area (Å²) in [6, 6.07) is 3.92. The number of carbonyl (C=O) groups excluding carboxylic acids is 1. The maximum absolute atomic E-state index is 13.9. The number of benzene rings is 1. The predicted molar refractivity (Wildman–Crippen MR) is 130 cm³/mol. The van der Waals surface area contributed by atoms with E-state index in [9.17, 15) is 9.59 Å². The molecule has 0 radical (unpaired) electrons. The third kappa shape index (κ3) is 3.60. The first-order chi connectivity index (χ1) is 16.4. The number of aryl methyl sites for hydroxylation is 2. The Morgan fingerprint density at radius 1 is 1.32 bits per heavy atom. The summed E-state index contributed by atoms with van der Waals surface area (Å²) in [6.07, 6.45) is 5.47. The molecule has 1 amide bonds. The van der Waals surface area contributed by atoms with Crippen LogP contribution in [-0.2, 0) is 11.3 Å².